The number of ether oxygens (including phenoxy) is 1. The maximum absolute atomic E-state index is 5.59. The summed E-state index contributed by atoms with van der Waals surface area (Å²) in [7, 11) is 2.15. The molecule has 17 heavy (non-hydrogen) atoms. The van der Waals surface area contributed by atoms with Gasteiger partial charge in [-0.25, -0.2) is 9.97 Å². The van der Waals surface area contributed by atoms with Crippen LogP contribution >= 0.6 is 11.6 Å². The number of hydrogen-bond donors (Lipinski definition) is 0. The molecule has 1 aliphatic rings. The molecule has 0 radical (unpaired) electrons. The Kier molecular flexibility index (Phi) is 4.53. The minimum Gasteiger partial charge on any atom is -0.489 e. The summed E-state index contributed by atoms with van der Waals surface area (Å²) in [4.78, 5) is 12.5. The first kappa shape index (κ1) is 12.5. The van der Waals surface area contributed by atoms with Crippen LogP contribution in [0, 0.1) is 0 Å². The van der Waals surface area contributed by atoms with Gasteiger partial charge in [-0.05, 0) is 18.6 Å². The van der Waals surface area contributed by atoms with Gasteiger partial charge in [0, 0.05) is 32.7 Å². The molecule has 94 valence electrons. The van der Waals surface area contributed by atoms with E-state index in [9.17, 15) is 0 Å². The quantitative estimate of drug-likeness (QED) is 0.744. The predicted molar refractivity (Wildman–Crippen MR) is 66.5 cm³/mol. The second kappa shape index (κ2) is 6.14. The van der Waals surface area contributed by atoms with Crippen LogP contribution in [-0.4, -0.2) is 66.1 Å². The van der Waals surface area contributed by atoms with E-state index in [1.807, 2.05) is 0 Å². The van der Waals surface area contributed by atoms with Crippen molar-refractivity contribution >= 4 is 11.6 Å². The van der Waals surface area contributed by atoms with Crippen LogP contribution in [0.4, 0.5) is 0 Å². The highest BCUT2D eigenvalue weighted by Gasteiger charge is 2.13. The van der Waals surface area contributed by atoms with E-state index in [-0.39, 0.29) is 5.28 Å². The molecule has 2 rings (SSSR count). The van der Waals surface area contributed by atoms with Crippen molar-refractivity contribution in [3.05, 3.63) is 17.7 Å². The molecule has 5 nitrogen and oxygen atoms in total. The van der Waals surface area contributed by atoms with E-state index in [0.717, 1.165) is 32.7 Å². The third-order valence-electron chi connectivity index (χ3n) is 2.87. The summed E-state index contributed by atoms with van der Waals surface area (Å²) in [5.41, 5.74) is 0. The van der Waals surface area contributed by atoms with Gasteiger partial charge < -0.3 is 9.64 Å². The molecule has 0 bridgehead atoms. The van der Waals surface area contributed by atoms with Gasteiger partial charge in [0.2, 0.25) is 5.28 Å². The largest absolute Gasteiger partial charge is 0.489 e. The lowest BCUT2D eigenvalue weighted by molar-refractivity contribution is 0.133. The molecular weight excluding hydrogens is 240 g/mol. The topological polar surface area (TPSA) is 41.5 Å². The lowest BCUT2D eigenvalue weighted by atomic mass is 10.3. The van der Waals surface area contributed by atoms with Gasteiger partial charge in [-0.1, -0.05) is 0 Å². The van der Waals surface area contributed by atoms with Gasteiger partial charge in [0.15, 0.2) is 5.75 Å². The second-order valence-electron chi connectivity index (χ2n) is 4.18. The van der Waals surface area contributed by atoms with Crippen LogP contribution in [-0.2, 0) is 0 Å². The van der Waals surface area contributed by atoms with Crippen LogP contribution < -0.4 is 4.74 Å². The van der Waals surface area contributed by atoms with Crippen molar-refractivity contribution in [2.75, 3.05) is 46.4 Å². The normalized spacial score (nSPS) is 18.2. The van der Waals surface area contributed by atoms with Gasteiger partial charge >= 0.3 is 0 Å². The fraction of sp³-hybridized carbons (Fsp3) is 0.636. The van der Waals surface area contributed by atoms with Gasteiger partial charge in [-0.3, -0.25) is 4.90 Å². The molecule has 0 atom stereocenters. The van der Waals surface area contributed by atoms with Crippen LogP contribution in [0.5, 0.6) is 5.75 Å². The predicted octanol–water partition coefficient (Wildman–Crippen LogP) is 0.756. The van der Waals surface area contributed by atoms with Crippen LogP contribution in [0.2, 0.25) is 5.28 Å². The molecule has 1 aromatic rings. The monoisotopic (exact) mass is 256 g/mol. The minimum atomic E-state index is 0.247. The third-order valence-corrected chi connectivity index (χ3v) is 3.06. The van der Waals surface area contributed by atoms with Crippen LogP contribution in [0.15, 0.2) is 12.4 Å². The van der Waals surface area contributed by atoms with Crippen molar-refractivity contribution in [1.29, 1.82) is 0 Å². The van der Waals surface area contributed by atoms with E-state index in [1.165, 1.54) is 0 Å². The summed E-state index contributed by atoms with van der Waals surface area (Å²) in [5.74, 6) is 0.670. The second-order valence-corrected chi connectivity index (χ2v) is 4.52. The average Bonchev–Trinajstić information content (AvgIpc) is 2.34. The number of hydrogen-bond acceptors (Lipinski definition) is 5. The zero-order chi connectivity index (χ0) is 12.1. The zero-order valence-corrected chi connectivity index (χ0v) is 10.7. The molecule has 1 fully saturated rings. The first-order valence-corrected chi connectivity index (χ1v) is 6.13. The Morgan fingerprint density at radius 1 is 1.24 bits per heavy atom. The molecule has 0 spiro atoms. The van der Waals surface area contributed by atoms with E-state index < -0.39 is 0 Å². The van der Waals surface area contributed by atoms with E-state index >= 15 is 0 Å². The van der Waals surface area contributed by atoms with Crippen LogP contribution in [0.3, 0.4) is 0 Å². The minimum absolute atomic E-state index is 0.247. The standard InChI is InChI=1S/C11H17ClN4O/c1-15-2-4-16(5-3-15)6-7-17-10-8-13-11(12)14-9-10/h8-9H,2-7H2,1H3. The average molecular weight is 257 g/mol. The molecule has 0 amide bonds. The van der Waals surface area contributed by atoms with Crippen molar-refractivity contribution in [2.24, 2.45) is 0 Å². The summed E-state index contributed by atoms with van der Waals surface area (Å²) >= 11 is 5.59. The highest BCUT2D eigenvalue weighted by atomic mass is 35.5. The fourth-order valence-electron chi connectivity index (χ4n) is 1.74. The Labute approximate surface area is 106 Å². The fourth-order valence-corrected chi connectivity index (χ4v) is 1.84. The van der Waals surface area contributed by atoms with Gasteiger partial charge in [0.05, 0.1) is 12.4 Å². The third kappa shape index (κ3) is 4.11. The lowest BCUT2D eigenvalue weighted by Gasteiger charge is -2.32. The van der Waals surface area contributed by atoms with Gasteiger partial charge in [-0.2, -0.15) is 0 Å². The SMILES string of the molecule is CN1CCN(CCOc2cnc(Cl)nc2)CC1. The van der Waals surface area contributed by atoms with Crippen molar-refractivity contribution < 1.29 is 4.74 Å². The Bertz CT molecular complexity index is 338. The molecule has 1 aliphatic heterocycles. The Balaban J connectivity index is 1.67. The Hall–Kier alpha value is -0.910. The summed E-state index contributed by atoms with van der Waals surface area (Å²) in [6.45, 7) is 6.08. The van der Waals surface area contributed by atoms with Crippen LogP contribution in [0.25, 0.3) is 0 Å². The van der Waals surface area contributed by atoms with E-state index in [2.05, 4.69) is 26.8 Å². The first-order valence-electron chi connectivity index (χ1n) is 5.75. The number of halogens is 1. The molecule has 0 aliphatic carbocycles. The highest BCUT2D eigenvalue weighted by Crippen LogP contribution is 2.08. The lowest BCUT2D eigenvalue weighted by Crippen LogP contribution is -2.45. The van der Waals surface area contributed by atoms with Crippen molar-refractivity contribution in [3.63, 3.8) is 0 Å². The number of likely N-dealkylation sites (N-methyl/N-ethyl adjacent to an activating group) is 1. The molecule has 1 aromatic heterocycles. The maximum atomic E-state index is 5.59. The Morgan fingerprint density at radius 2 is 1.88 bits per heavy atom. The number of nitrogens with zero attached hydrogens (tertiary/aromatic N) is 4. The zero-order valence-electron chi connectivity index (χ0n) is 9.97. The molecule has 1 saturated heterocycles. The number of rotatable bonds is 4. The molecule has 0 unspecified atom stereocenters. The molecular formula is C11H17ClN4O. The molecule has 0 N–H and O–H groups in total. The number of piperazine rings is 1. The van der Waals surface area contributed by atoms with Crippen molar-refractivity contribution in [3.8, 4) is 5.75 Å². The smallest absolute Gasteiger partial charge is 0.222 e. The summed E-state index contributed by atoms with van der Waals surface area (Å²) in [6.07, 6.45) is 3.19. The summed E-state index contributed by atoms with van der Waals surface area (Å²) in [6, 6.07) is 0. The van der Waals surface area contributed by atoms with E-state index in [4.69, 9.17) is 16.3 Å². The highest BCUT2D eigenvalue weighted by molar-refractivity contribution is 6.28. The van der Waals surface area contributed by atoms with E-state index in [1.54, 1.807) is 12.4 Å². The van der Waals surface area contributed by atoms with E-state index in [0.29, 0.717) is 12.4 Å². The molecule has 0 aromatic carbocycles. The summed E-state index contributed by atoms with van der Waals surface area (Å²) in [5, 5.41) is 0.247. The molecule has 0 saturated carbocycles. The van der Waals surface area contributed by atoms with Crippen LogP contribution in [0.1, 0.15) is 0 Å². The summed E-state index contributed by atoms with van der Waals surface area (Å²) < 4.78 is 5.55. The number of aromatic nitrogens is 2. The van der Waals surface area contributed by atoms with Gasteiger partial charge in [0.25, 0.3) is 0 Å². The van der Waals surface area contributed by atoms with Crippen molar-refractivity contribution in [1.82, 2.24) is 19.8 Å². The molecule has 6 heteroatoms. The molecule has 2 heterocycles. The van der Waals surface area contributed by atoms with Gasteiger partial charge in [-0.15, -0.1) is 0 Å². The van der Waals surface area contributed by atoms with Gasteiger partial charge in [0.1, 0.15) is 6.61 Å². The van der Waals surface area contributed by atoms with Crippen molar-refractivity contribution in [2.45, 2.75) is 0 Å². The Morgan fingerprint density at radius 3 is 2.53 bits per heavy atom. The maximum Gasteiger partial charge on any atom is 0.222 e. The first-order chi connectivity index (χ1) is 8.24.